The Morgan fingerprint density at radius 3 is 2.21 bits per heavy atom. The highest BCUT2D eigenvalue weighted by atomic mass is 32.2. The Kier molecular flexibility index (Phi) is 6.44. The molecule has 0 amide bonds. The number of hydrogen-bond donors (Lipinski definition) is 1. The minimum atomic E-state index is -1.59. The molecular formula is C20H26O2SSi. The maximum atomic E-state index is 12.7. The van der Waals surface area contributed by atoms with E-state index >= 15 is 0 Å². The second-order valence-electron chi connectivity index (χ2n) is 7.03. The summed E-state index contributed by atoms with van der Waals surface area (Å²) in [5, 5.41) is 12.2. The molecule has 0 heterocycles. The number of aliphatic hydroxyl groups is 1. The lowest BCUT2D eigenvalue weighted by Crippen LogP contribution is -2.41. The van der Waals surface area contributed by atoms with Crippen LogP contribution in [0.4, 0.5) is 0 Å². The number of benzene rings is 2. The van der Waals surface area contributed by atoms with Gasteiger partial charge in [-0.2, -0.15) is 0 Å². The van der Waals surface area contributed by atoms with Gasteiger partial charge in [0.15, 0.2) is 5.12 Å². The minimum Gasteiger partial charge on any atom is -0.388 e. The summed E-state index contributed by atoms with van der Waals surface area (Å²) in [6.45, 7) is 8.76. The summed E-state index contributed by atoms with van der Waals surface area (Å²) in [5.74, 6) is -0.396. The SMILES string of the molecule is CC[C@H](C(=O)Sc1ccccc1)[C@@H](O)c1ccccc1[Si](C)(C)C. The van der Waals surface area contributed by atoms with E-state index in [2.05, 4.69) is 25.7 Å². The summed E-state index contributed by atoms with van der Waals surface area (Å²) in [5.41, 5.74) is 0.922. The van der Waals surface area contributed by atoms with Crippen LogP contribution in [-0.2, 0) is 4.79 Å². The van der Waals surface area contributed by atoms with Crippen LogP contribution < -0.4 is 5.19 Å². The number of carbonyl (C=O) groups excluding carboxylic acids is 1. The fourth-order valence-corrected chi connectivity index (χ4v) is 5.52. The van der Waals surface area contributed by atoms with Crippen molar-refractivity contribution in [3.8, 4) is 0 Å². The van der Waals surface area contributed by atoms with Crippen LogP contribution in [0.5, 0.6) is 0 Å². The number of aliphatic hydroxyl groups excluding tert-OH is 1. The van der Waals surface area contributed by atoms with Gasteiger partial charge < -0.3 is 5.11 Å². The van der Waals surface area contributed by atoms with Gasteiger partial charge in [-0.15, -0.1) is 0 Å². The van der Waals surface area contributed by atoms with Crippen LogP contribution in [0, 0.1) is 5.92 Å². The van der Waals surface area contributed by atoms with Gasteiger partial charge >= 0.3 is 0 Å². The average Bonchev–Trinajstić information content (AvgIpc) is 2.55. The van der Waals surface area contributed by atoms with Gasteiger partial charge in [-0.25, -0.2) is 0 Å². The standard InChI is InChI=1S/C20H26O2SSi/c1-5-16(20(22)23-15-11-7-6-8-12-15)19(21)17-13-9-10-14-18(17)24(2,3)4/h6-14,16,19,21H,5H2,1-4H3/t16-,19+/m0/s1. The van der Waals surface area contributed by atoms with E-state index < -0.39 is 20.1 Å². The lowest BCUT2D eigenvalue weighted by molar-refractivity contribution is -0.117. The van der Waals surface area contributed by atoms with Crippen molar-refractivity contribution in [2.75, 3.05) is 0 Å². The third kappa shape index (κ3) is 4.59. The van der Waals surface area contributed by atoms with Crippen LogP contribution in [0.2, 0.25) is 19.6 Å². The molecule has 2 aromatic rings. The highest BCUT2D eigenvalue weighted by molar-refractivity contribution is 8.13. The molecule has 0 radical (unpaired) electrons. The molecule has 2 rings (SSSR count). The predicted octanol–water partition coefficient (Wildman–Crippen LogP) is 4.61. The van der Waals surface area contributed by atoms with Gasteiger partial charge in [-0.1, -0.05) is 86.0 Å². The zero-order valence-corrected chi connectivity index (χ0v) is 16.6. The Balaban J connectivity index is 2.26. The highest BCUT2D eigenvalue weighted by Crippen LogP contribution is 2.32. The van der Waals surface area contributed by atoms with E-state index in [0.29, 0.717) is 6.42 Å². The predicted molar refractivity (Wildman–Crippen MR) is 105 cm³/mol. The lowest BCUT2D eigenvalue weighted by atomic mass is 9.94. The van der Waals surface area contributed by atoms with Gasteiger partial charge in [0.1, 0.15) is 0 Å². The molecule has 0 aliphatic heterocycles. The van der Waals surface area contributed by atoms with Crippen molar-refractivity contribution in [3.63, 3.8) is 0 Å². The van der Waals surface area contributed by atoms with Crippen LogP contribution in [0.1, 0.15) is 25.0 Å². The van der Waals surface area contributed by atoms with Gasteiger partial charge in [0, 0.05) is 4.90 Å². The van der Waals surface area contributed by atoms with Crippen molar-refractivity contribution in [1.82, 2.24) is 0 Å². The van der Waals surface area contributed by atoms with Crippen LogP contribution in [0.15, 0.2) is 59.5 Å². The Labute approximate surface area is 150 Å². The van der Waals surface area contributed by atoms with Gasteiger partial charge in [0.2, 0.25) is 0 Å². The normalized spacial score (nSPS) is 14.2. The molecule has 0 aromatic heterocycles. The fraction of sp³-hybridized carbons (Fsp3) is 0.350. The molecule has 0 spiro atoms. The molecule has 2 aromatic carbocycles. The van der Waals surface area contributed by atoms with Crippen LogP contribution in [0.3, 0.4) is 0 Å². The first-order valence-electron chi connectivity index (χ1n) is 8.38. The molecular weight excluding hydrogens is 332 g/mol. The Bertz CT molecular complexity index is 680. The summed E-state index contributed by atoms with van der Waals surface area (Å²) in [6, 6.07) is 17.7. The van der Waals surface area contributed by atoms with Crippen molar-refractivity contribution in [2.24, 2.45) is 5.92 Å². The fourth-order valence-electron chi connectivity index (χ4n) is 2.85. The maximum absolute atomic E-state index is 12.7. The molecule has 0 aliphatic rings. The summed E-state index contributed by atoms with van der Waals surface area (Å²) >= 11 is 1.23. The van der Waals surface area contributed by atoms with Crippen molar-refractivity contribution >= 4 is 30.1 Å². The van der Waals surface area contributed by atoms with Crippen LogP contribution in [0.25, 0.3) is 0 Å². The van der Waals surface area contributed by atoms with Crippen molar-refractivity contribution in [1.29, 1.82) is 0 Å². The lowest BCUT2D eigenvalue weighted by Gasteiger charge is -2.27. The van der Waals surface area contributed by atoms with Crippen molar-refractivity contribution in [3.05, 3.63) is 60.2 Å². The molecule has 0 fully saturated rings. The monoisotopic (exact) mass is 358 g/mol. The molecule has 2 atom stereocenters. The van der Waals surface area contributed by atoms with Crippen molar-refractivity contribution in [2.45, 2.75) is 44.0 Å². The highest BCUT2D eigenvalue weighted by Gasteiger charge is 2.31. The number of carbonyl (C=O) groups is 1. The average molecular weight is 359 g/mol. The smallest absolute Gasteiger partial charge is 0.199 e. The molecule has 0 saturated carbocycles. The molecule has 24 heavy (non-hydrogen) atoms. The van der Waals surface area contributed by atoms with E-state index in [1.54, 1.807) is 0 Å². The van der Waals surface area contributed by atoms with Crippen molar-refractivity contribution < 1.29 is 9.90 Å². The van der Waals surface area contributed by atoms with Gasteiger partial charge in [-0.3, -0.25) is 4.79 Å². The topological polar surface area (TPSA) is 37.3 Å². The Morgan fingerprint density at radius 1 is 1.04 bits per heavy atom. The van der Waals surface area contributed by atoms with E-state index in [9.17, 15) is 9.90 Å². The Morgan fingerprint density at radius 2 is 1.62 bits per heavy atom. The van der Waals surface area contributed by atoms with Crippen LogP contribution >= 0.6 is 11.8 Å². The zero-order chi connectivity index (χ0) is 17.7. The molecule has 2 nitrogen and oxygen atoms in total. The third-order valence-corrected chi connectivity index (χ3v) is 7.26. The largest absolute Gasteiger partial charge is 0.388 e. The summed E-state index contributed by atoms with van der Waals surface area (Å²) in [6.07, 6.45) is -0.124. The van der Waals surface area contributed by atoms with Gasteiger partial charge in [0.05, 0.1) is 20.1 Å². The van der Waals surface area contributed by atoms with E-state index in [4.69, 9.17) is 0 Å². The molecule has 0 aliphatic carbocycles. The first kappa shape index (κ1) is 19.0. The number of rotatable bonds is 6. The molecule has 1 N–H and O–H groups in total. The summed E-state index contributed by atoms with van der Waals surface area (Å²) in [7, 11) is -1.59. The molecule has 4 heteroatoms. The maximum Gasteiger partial charge on any atom is 0.199 e. The molecule has 0 unspecified atom stereocenters. The van der Waals surface area contributed by atoms with E-state index in [0.717, 1.165) is 10.5 Å². The van der Waals surface area contributed by atoms with Crippen LogP contribution in [-0.4, -0.2) is 18.3 Å². The minimum absolute atomic E-state index is 0.0292. The number of thioether (sulfide) groups is 1. The third-order valence-electron chi connectivity index (χ3n) is 4.17. The first-order valence-corrected chi connectivity index (χ1v) is 12.7. The molecule has 128 valence electrons. The summed E-state index contributed by atoms with van der Waals surface area (Å²) < 4.78 is 0. The van der Waals surface area contributed by atoms with E-state index in [-0.39, 0.29) is 5.12 Å². The second kappa shape index (κ2) is 8.14. The van der Waals surface area contributed by atoms with Gasteiger partial charge in [0.25, 0.3) is 0 Å². The van der Waals surface area contributed by atoms with E-state index in [1.807, 2.05) is 55.5 Å². The molecule has 0 bridgehead atoms. The molecule has 0 saturated heterocycles. The number of hydrogen-bond acceptors (Lipinski definition) is 3. The Hall–Kier alpha value is -1.36. The quantitative estimate of drug-likeness (QED) is 0.605. The van der Waals surface area contributed by atoms with E-state index in [1.165, 1.54) is 16.9 Å². The van der Waals surface area contributed by atoms with Gasteiger partial charge in [-0.05, 0) is 24.1 Å². The summed E-state index contributed by atoms with van der Waals surface area (Å²) in [4.78, 5) is 13.7. The second-order valence-corrected chi connectivity index (χ2v) is 13.1. The zero-order valence-electron chi connectivity index (χ0n) is 14.8. The first-order chi connectivity index (χ1) is 11.3.